The van der Waals surface area contributed by atoms with E-state index in [2.05, 4.69) is 15.6 Å². The number of piperazine rings is 1. The molecule has 3 aliphatic rings. The highest BCUT2D eigenvalue weighted by molar-refractivity contribution is 5.97. The molecule has 4 heterocycles. The molecule has 2 N–H and O–H groups in total. The number of benzene rings is 2. The van der Waals surface area contributed by atoms with Crippen LogP contribution in [0, 0.1) is 11.6 Å². The zero-order valence-corrected chi connectivity index (χ0v) is 23.5. The van der Waals surface area contributed by atoms with Gasteiger partial charge in [-0.3, -0.25) is 9.59 Å². The predicted octanol–water partition coefficient (Wildman–Crippen LogP) is 3.83. The van der Waals surface area contributed by atoms with Crippen molar-refractivity contribution < 1.29 is 23.1 Å². The van der Waals surface area contributed by atoms with Crippen LogP contribution in [0.1, 0.15) is 51.5 Å². The van der Waals surface area contributed by atoms with Crippen molar-refractivity contribution in [3.63, 3.8) is 0 Å². The number of piperidine rings is 1. The van der Waals surface area contributed by atoms with E-state index >= 15 is 0 Å². The van der Waals surface area contributed by atoms with Crippen LogP contribution in [-0.2, 0) is 0 Å². The number of pyridine rings is 1. The van der Waals surface area contributed by atoms with Crippen molar-refractivity contribution in [3.8, 4) is 17.0 Å². The van der Waals surface area contributed by atoms with E-state index in [0.717, 1.165) is 44.5 Å². The molecule has 0 saturated carbocycles. The van der Waals surface area contributed by atoms with Crippen LogP contribution in [0.5, 0.6) is 5.88 Å². The fraction of sp³-hybridized carbons (Fsp3) is 0.406. The fourth-order valence-corrected chi connectivity index (χ4v) is 5.99. The first-order valence-electron chi connectivity index (χ1n) is 14.7. The second-order valence-electron chi connectivity index (χ2n) is 11.2. The Morgan fingerprint density at radius 1 is 0.786 bits per heavy atom. The highest BCUT2D eigenvalue weighted by Gasteiger charge is 2.28. The van der Waals surface area contributed by atoms with Crippen LogP contribution < -0.4 is 15.4 Å². The number of carbonyl (C=O) groups excluding carboxylic acids is 2. The van der Waals surface area contributed by atoms with E-state index < -0.39 is 5.82 Å². The zero-order chi connectivity index (χ0) is 29.1. The fourth-order valence-electron chi connectivity index (χ4n) is 5.99. The van der Waals surface area contributed by atoms with Gasteiger partial charge >= 0.3 is 0 Å². The molecule has 8 nitrogen and oxygen atoms in total. The first-order chi connectivity index (χ1) is 20.4. The summed E-state index contributed by atoms with van der Waals surface area (Å²) in [6.07, 6.45) is 4.17. The molecule has 220 valence electrons. The maximum Gasteiger partial charge on any atom is 0.255 e. The number of halogens is 2. The first kappa shape index (κ1) is 28.2. The summed E-state index contributed by atoms with van der Waals surface area (Å²) in [4.78, 5) is 34.7. The highest BCUT2D eigenvalue weighted by atomic mass is 19.1. The molecular formula is C32H35F2N5O3. The maximum absolute atomic E-state index is 14.5. The summed E-state index contributed by atoms with van der Waals surface area (Å²) in [7, 11) is 0. The summed E-state index contributed by atoms with van der Waals surface area (Å²) < 4.78 is 34.3. The van der Waals surface area contributed by atoms with Gasteiger partial charge in [0.25, 0.3) is 11.8 Å². The van der Waals surface area contributed by atoms with Crippen molar-refractivity contribution in [2.75, 3.05) is 52.4 Å². The average Bonchev–Trinajstić information content (AvgIpc) is 3.54. The van der Waals surface area contributed by atoms with Crippen molar-refractivity contribution in [1.29, 1.82) is 0 Å². The van der Waals surface area contributed by atoms with Crippen molar-refractivity contribution in [3.05, 3.63) is 83.1 Å². The Hall–Kier alpha value is -3.89. The van der Waals surface area contributed by atoms with Crippen LogP contribution in [-0.4, -0.2) is 85.1 Å². The summed E-state index contributed by atoms with van der Waals surface area (Å²) >= 11 is 0. The Bertz CT molecular complexity index is 1430. The van der Waals surface area contributed by atoms with Crippen LogP contribution in [0.15, 0.2) is 54.7 Å². The average molecular weight is 576 g/mol. The Kier molecular flexibility index (Phi) is 8.43. The van der Waals surface area contributed by atoms with Gasteiger partial charge in [-0.15, -0.1) is 0 Å². The van der Waals surface area contributed by atoms with Gasteiger partial charge in [0.1, 0.15) is 17.7 Å². The largest absolute Gasteiger partial charge is 0.473 e. The molecule has 0 bridgehead atoms. The molecular weight excluding hydrogens is 540 g/mol. The summed E-state index contributed by atoms with van der Waals surface area (Å²) in [5.41, 5.74) is 2.94. The first-order valence-corrected chi connectivity index (χ1v) is 14.7. The third-order valence-electron chi connectivity index (χ3n) is 8.38. The maximum atomic E-state index is 14.5. The number of rotatable bonds is 6. The Morgan fingerprint density at radius 3 is 2.12 bits per heavy atom. The predicted molar refractivity (Wildman–Crippen MR) is 155 cm³/mol. The minimum absolute atomic E-state index is 0.0299. The van der Waals surface area contributed by atoms with Crippen molar-refractivity contribution in [2.45, 2.75) is 31.3 Å². The number of nitrogens with zero attached hydrogens (tertiary/aromatic N) is 3. The third-order valence-corrected chi connectivity index (χ3v) is 8.38. The van der Waals surface area contributed by atoms with E-state index in [-0.39, 0.29) is 29.7 Å². The van der Waals surface area contributed by atoms with Gasteiger partial charge in [0.2, 0.25) is 5.88 Å². The topological polar surface area (TPSA) is 86.8 Å². The van der Waals surface area contributed by atoms with Crippen LogP contribution in [0.2, 0.25) is 0 Å². The summed E-state index contributed by atoms with van der Waals surface area (Å²) in [6, 6.07) is 12.4. The normalized spacial score (nSPS) is 19.6. The van der Waals surface area contributed by atoms with Gasteiger partial charge in [-0.25, -0.2) is 13.8 Å². The Morgan fingerprint density at radius 2 is 1.45 bits per heavy atom. The number of amides is 2. The molecule has 0 unspecified atom stereocenters. The number of nitrogens with one attached hydrogen (secondary N) is 2. The SMILES string of the molecule is O=C(c1cc(F)cc(C2CCNCC2)c1)N1CCN(C(=O)c2cnc(O[C@H]3CCNC3)c(-c3ccc(F)cc3)c2)CC1. The second kappa shape index (κ2) is 12.5. The molecule has 2 aromatic carbocycles. The van der Waals surface area contributed by atoms with Crippen LogP contribution >= 0.6 is 0 Å². The lowest BCUT2D eigenvalue weighted by Gasteiger charge is -2.35. The molecule has 0 spiro atoms. The second-order valence-corrected chi connectivity index (χ2v) is 11.2. The van der Waals surface area contributed by atoms with E-state index in [0.29, 0.717) is 60.9 Å². The lowest BCUT2D eigenvalue weighted by Crippen LogP contribution is -2.50. The lowest BCUT2D eigenvalue weighted by molar-refractivity contribution is 0.0535. The molecule has 3 aliphatic heterocycles. The van der Waals surface area contributed by atoms with Crippen LogP contribution in [0.25, 0.3) is 11.1 Å². The molecule has 0 radical (unpaired) electrons. The van der Waals surface area contributed by atoms with Gasteiger partial charge in [0.05, 0.1) is 5.56 Å². The van der Waals surface area contributed by atoms with Crippen LogP contribution in [0.4, 0.5) is 8.78 Å². The zero-order valence-electron chi connectivity index (χ0n) is 23.5. The van der Waals surface area contributed by atoms with Crippen molar-refractivity contribution in [2.24, 2.45) is 0 Å². The van der Waals surface area contributed by atoms with Crippen molar-refractivity contribution >= 4 is 11.8 Å². The molecule has 0 aliphatic carbocycles. The molecule has 2 amide bonds. The van der Waals surface area contributed by atoms with E-state index in [1.54, 1.807) is 34.1 Å². The number of carbonyl (C=O) groups is 2. The molecule has 10 heteroatoms. The molecule has 1 atom stereocenters. The smallest absolute Gasteiger partial charge is 0.255 e. The minimum Gasteiger partial charge on any atom is -0.473 e. The number of hydrogen-bond donors (Lipinski definition) is 2. The number of aromatic nitrogens is 1. The van der Waals surface area contributed by atoms with E-state index in [9.17, 15) is 18.4 Å². The van der Waals surface area contributed by atoms with Gasteiger partial charge in [-0.2, -0.15) is 0 Å². The Labute approximate surface area is 244 Å². The summed E-state index contributed by atoms with van der Waals surface area (Å²) in [5.74, 6) is -0.533. The minimum atomic E-state index is -0.399. The highest BCUT2D eigenvalue weighted by Crippen LogP contribution is 2.31. The molecule has 3 fully saturated rings. The lowest BCUT2D eigenvalue weighted by atomic mass is 9.89. The third kappa shape index (κ3) is 6.29. The van der Waals surface area contributed by atoms with Gasteiger partial charge < -0.3 is 25.2 Å². The van der Waals surface area contributed by atoms with Crippen molar-refractivity contribution in [1.82, 2.24) is 25.4 Å². The molecule has 3 saturated heterocycles. The van der Waals surface area contributed by atoms with Gasteiger partial charge in [-0.05, 0) is 92.3 Å². The molecule has 6 rings (SSSR count). The van der Waals surface area contributed by atoms with E-state index in [1.807, 2.05) is 6.07 Å². The molecule has 42 heavy (non-hydrogen) atoms. The van der Waals surface area contributed by atoms with Gasteiger partial charge in [0, 0.05) is 50.0 Å². The van der Waals surface area contributed by atoms with Gasteiger partial charge in [0.15, 0.2) is 0 Å². The van der Waals surface area contributed by atoms with Crippen LogP contribution in [0.3, 0.4) is 0 Å². The standard InChI is InChI=1S/C32H35F2N5O3/c33-26-3-1-22(2-4-26)29-18-25(19-37-30(29)42-28-7-10-36-20-28)32(41)39-13-11-38(12-14-39)31(40)24-15-23(16-27(34)17-24)21-5-8-35-9-6-21/h1-4,15-19,21,28,35-36H,5-14,20H2/t28-/m0/s1. The molecule has 3 aromatic rings. The number of hydrogen-bond acceptors (Lipinski definition) is 6. The van der Waals surface area contributed by atoms with Gasteiger partial charge in [-0.1, -0.05) is 12.1 Å². The van der Waals surface area contributed by atoms with E-state index in [4.69, 9.17) is 4.74 Å². The Balaban J connectivity index is 1.15. The quantitative estimate of drug-likeness (QED) is 0.465. The summed E-state index contributed by atoms with van der Waals surface area (Å²) in [5, 5.41) is 6.58. The number of ether oxygens (including phenoxy) is 1. The van der Waals surface area contributed by atoms with E-state index in [1.165, 1.54) is 24.4 Å². The summed E-state index contributed by atoms with van der Waals surface area (Å²) in [6.45, 7) is 4.72. The molecule has 1 aromatic heterocycles. The monoisotopic (exact) mass is 575 g/mol.